The third-order valence-electron chi connectivity index (χ3n) is 0. The summed E-state index contributed by atoms with van der Waals surface area (Å²) in [6.45, 7) is 28.5. The van der Waals surface area contributed by atoms with Gasteiger partial charge in [0.05, 0.1) is 0 Å². The maximum absolute atomic E-state index is 8.58. The number of hydrogen-bond donors (Lipinski definition) is 0. The summed E-state index contributed by atoms with van der Waals surface area (Å²) < 4.78 is 17.2. The average Bonchev–Trinajstić information content (AvgIpc) is 2.44. The third kappa shape index (κ3) is 2440. The van der Waals surface area contributed by atoms with Crippen molar-refractivity contribution in [3.05, 3.63) is 39.4 Å². The molecule has 0 aromatic heterocycles. The van der Waals surface area contributed by atoms with Crippen LogP contribution in [-0.2, 0) is 21.5 Å². The predicted octanol–water partition coefficient (Wildman–Crippen LogP) is -5.65. The zero-order valence-corrected chi connectivity index (χ0v) is 20.9. The molecule has 8 nitrogen and oxygen atoms in total. The molecule has 0 aromatic rings. The van der Waals surface area contributed by atoms with Crippen LogP contribution in [0.25, 0.3) is 0 Å². The van der Waals surface area contributed by atoms with Gasteiger partial charge in [0.2, 0.25) is 0 Å². The van der Waals surface area contributed by atoms with E-state index in [9.17, 15) is 0 Å². The minimum atomic E-state index is -2.51. The van der Waals surface area contributed by atoms with Gasteiger partial charge >= 0.3 is 152 Å². The topological polar surface area (TPSA) is 177 Å². The summed E-state index contributed by atoms with van der Waals surface area (Å²) >= 11 is -2.51. The first kappa shape index (κ1) is 74.4. The minimum absolute atomic E-state index is 0. The summed E-state index contributed by atoms with van der Waals surface area (Å²) in [6.07, 6.45) is 0. The van der Waals surface area contributed by atoms with E-state index in [4.69, 9.17) is 75.5 Å². The van der Waals surface area contributed by atoms with Gasteiger partial charge in [-0.1, -0.05) is 0 Å². The number of rotatable bonds is 0. The Bertz CT molecular complexity index is 175. The Morgan fingerprint density at radius 2 is 0.500 bits per heavy atom. The van der Waals surface area contributed by atoms with Gasteiger partial charge in [0.25, 0.3) is 0 Å². The molecule has 0 bridgehead atoms. The first-order valence-corrected chi connectivity index (χ1v) is 5.15. The van der Waals surface area contributed by atoms with Gasteiger partial charge in [-0.15, -0.1) is 0 Å². The third-order valence-corrected chi connectivity index (χ3v) is 0. The molecule has 18 heavy (non-hydrogen) atoms. The monoisotopic (exact) mass is 560 g/mol. The second kappa shape index (κ2) is 977. The number of nitrogens with zero attached hydrogens (tertiary/aromatic N) is 6. The van der Waals surface area contributed by atoms with Gasteiger partial charge in [-0.3, -0.25) is 0 Å². The standard InChI is InChI=1S/6CN.Fe.2K.2O.U/c6*1-2;;;;;;/q6*-1;+2;2*+1;;;+2. The van der Waals surface area contributed by atoms with Crippen LogP contribution in [0.3, 0.4) is 0 Å². The van der Waals surface area contributed by atoms with Crippen LogP contribution < -0.4 is 103 Å². The van der Waals surface area contributed by atoms with Crippen LogP contribution in [0, 0.1) is 98.8 Å². The Morgan fingerprint density at radius 1 is 0.500 bits per heavy atom. The molecule has 80 valence electrons. The molecule has 0 amide bonds. The maximum atomic E-state index is 8.58. The van der Waals surface area contributed by atoms with Crippen LogP contribution in [0.4, 0.5) is 0 Å². The van der Waals surface area contributed by atoms with Crippen LogP contribution in [0.5, 0.6) is 0 Å². The second-order valence-corrected chi connectivity index (χ2v) is 0.777. The van der Waals surface area contributed by atoms with Crippen molar-refractivity contribution < 1.29 is 152 Å². The van der Waals surface area contributed by atoms with Gasteiger partial charge in [0.1, 0.15) is 0 Å². The second-order valence-electron chi connectivity index (χ2n) is 0.0833. The molecule has 0 fully saturated rings. The van der Waals surface area contributed by atoms with Crippen LogP contribution in [0.15, 0.2) is 0 Å². The van der Waals surface area contributed by atoms with Gasteiger partial charge in [-0.25, -0.2) is 0 Å². The molecule has 0 atom stereocenters. The van der Waals surface area contributed by atoms with E-state index in [1.54, 1.807) is 0 Å². The van der Waals surface area contributed by atoms with Crippen molar-refractivity contribution in [3.63, 3.8) is 0 Å². The van der Waals surface area contributed by atoms with Crippen LogP contribution in [-0.4, -0.2) is 0 Å². The van der Waals surface area contributed by atoms with E-state index in [1.807, 2.05) is 0 Å². The SMILES string of the molecule is [C-]#N.[C-]#N.[C-]#N.[C-]#N.[C-]#N.[C-]#N.[Fe+2].[K+].[K+].[O]=[U+2]=[O]. The molecule has 0 aliphatic rings. The van der Waals surface area contributed by atoms with Crippen LogP contribution in [0.1, 0.15) is 0 Å². The molecule has 0 saturated carbocycles. The van der Waals surface area contributed by atoms with Crippen molar-refractivity contribution in [1.82, 2.24) is 0 Å². The first-order valence-electron chi connectivity index (χ1n) is 1.75. The zero-order valence-electron chi connectivity index (χ0n) is 9.35. The van der Waals surface area contributed by atoms with Crippen LogP contribution in [0.2, 0.25) is 0 Å². The Balaban J connectivity index is -0.00000000508. The molecule has 0 heterocycles. The fourth-order valence-electron chi connectivity index (χ4n) is 0. The molecular formula is C6FeK2N6O2U. The van der Waals surface area contributed by atoms with E-state index in [-0.39, 0.29) is 120 Å². The molecule has 12 heteroatoms. The quantitative estimate of drug-likeness (QED) is 0.208. The van der Waals surface area contributed by atoms with E-state index in [0.29, 0.717) is 0 Å². The first-order chi connectivity index (χ1) is 7.41. The van der Waals surface area contributed by atoms with Gasteiger partial charge in [-0.05, 0) is 0 Å². The fraction of sp³-hybridized carbons (Fsp3) is 0. The predicted molar refractivity (Wildman–Crippen MR) is 31.2 cm³/mol. The van der Waals surface area contributed by atoms with Crippen molar-refractivity contribution in [2.45, 2.75) is 0 Å². The molecule has 0 aliphatic carbocycles. The Kier molecular flexibility index (Phi) is 4040. The summed E-state index contributed by atoms with van der Waals surface area (Å²) in [7, 11) is 0. The van der Waals surface area contributed by atoms with Crippen molar-refractivity contribution in [1.29, 1.82) is 31.6 Å². The molecule has 0 saturated heterocycles. The molecule has 0 N–H and O–H groups in total. The average molecular weight is 560 g/mol. The number of hydrogen-bond acceptors (Lipinski definition) is 8. The molecule has 0 aliphatic heterocycles. The van der Waals surface area contributed by atoms with Crippen LogP contribution >= 0.6 is 0 Å². The Labute approximate surface area is 217 Å². The Morgan fingerprint density at radius 3 is 0.500 bits per heavy atom. The van der Waals surface area contributed by atoms with Gasteiger partial charge in [0, 0.05) is 0 Å². The summed E-state index contributed by atoms with van der Waals surface area (Å²) in [5, 5.41) is 37.5. The van der Waals surface area contributed by atoms with E-state index in [0.717, 1.165) is 0 Å². The fourth-order valence-corrected chi connectivity index (χ4v) is 0. The molecule has 0 unspecified atom stereocenters. The van der Waals surface area contributed by atoms with Crippen molar-refractivity contribution in [2.24, 2.45) is 0 Å². The van der Waals surface area contributed by atoms with E-state index in [1.165, 1.54) is 0 Å². The van der Waals surface area contributed by atoms with Crippen molar-refractivity contribution in [3.8, 4) is 0 Å². The van der Waals surface area contributed by atoms with E-state index < -0.39 is 27.8 Å². The van der Waals surface area contributed by atoms with Gasteiger partial charge < -0.3 is 71.0 Å². The van der Waals surface area contributed by atoms with E-state index >= 15 is 0 Å². The van der Waals surface area contributed by atoms with Crippen molar-refractivity contribution >= 4 is 0 Å². The van der Waals surface area contributed by atoms with Gasteiger partial charge in [-0.2, -0.15) is 0 Å². The summed E-state index contributed by atoms with van der Waals surface area (Å²) in [5.41, 5.74) is 0. The van der Waals surface area contributed by atoms with Gasteiger partial charge in [0.15, 0.2) is 0 Å². The molecule has 0 aromatic carbocycles. The van der Waals surface area contributed by atoms with Crippen molar-refractivity contribution in [2.75, 3.05) is 0 Å². The summed E-state index contributed by atoms with van der Waals surface area (Å²) in [6, 6.07) is 0. The zero-order chi connectivity index (χ0) is 14.7. The molecule has 0 spiro atoms. The molecule has 0 radical (unpaired) electrons. The molecule has 0 rings (SSSR count). The molecular weight excluding hydrogens is 560 g/mol. The summed E-state index contributed by atoms with van der Waals surface area (Å²) in [4.78, 5) is 0. The Hall–Kier alpha value is 1.38. The van der Waals surface area contributed by atoms with E-state index in [2.05, 4.69) is 0 Å². The normalized spacial score (nSPS) is 1.11. The summed E-state index contributed by atoms with van der Waals surface area (Å²) in [5.74, 6) is 0.